The third kappa shape index (κ3) is 6.33. The average molecular weight is 472 g/mol. The molecule has 0 saturated carbocycles. The number of rotatable bonds is 8. The summed E-state index contributed by atoms with van der Waals surface area (Å²) < 4.78 is 14.1. The molecule has 31 heavy (non-hydrogen) atoms. The third-order valence-electron chi connectivity index (χ3n) is 4.07. The number of aromatic nitrogens is 3. The molecular weight excluding hydrogens is 453 g/mol. The van der Waals surface area contributed by atoms with Gasteiger partial charge in [-0.3, -0.25) is 4.79 Å². The van der Waals surface area contributed by atoms with Crippen LogP contribution in [0.5, 0.6) is 0 Å². The Morgan fingerprint density at radius 2 is 1.97 bits per heavy atom. The van der Waals surface area contributed by atoms with Gasteiger partial charge in [-0.05, 0) is 37.3 Å². The largest absolute Gasteiger partial charge is 0.330 e. The number of thiazole rings is 1. The van der Waals surface area contributed by atoms with Crippen LogP contribution in [0.4, 0.5) is 20.9 Å². The van der Waals surface area contributed by atoms with Crippen LogP contribution < -0.4 is 10.6 Å². The molecule has 0 atom stereocenters. The van der Waals surface area contributed by atoms with E-state index in [-0.39, 0.29) is 18.1 Å². The molecule has 6 nitrogen and oxygen atoms in total. The van der Waals surface area contributed by atoms with Gasteiger partial charge in [-0.25, -0.2) is 9.37 Å². The molecule has 4 rings (SSSR count). The van der Waals surface area contributed by atoms with Crippen molar-refractivity contribution in [2.24, 2.45) is 0 Å². The summed E-state index contributed by atoms with van der Waals surface area (Å²) in [5, 5.41) is 17.5. The van der Waals surface area contributed by atoms with Crippen LogP contribution in [-0.4, -0.2) is 21.1 Å². The van der Waals surface area contributed by atoms with Crippen molar-refractivity contribution in [1.82, 2.24) is 15.2 Å². The maximum atomic E-state index is 13.3. The van der Waals surface area contributed by atoms with Gasteiger partial charge in [0.25, 0.3) is 0 Å². The second kappa shape index (κ2) is 9.99. The lowest BCUT2D eigenvalue weighted by molar-refractivity contribution is -0.115. The summed E-state index contributed by atoms with van der Waals surface area (Å²) >= 11 is 4.38. The molecule has 0 fully saturated rings. The van der Waals surface area contributed by atoms with Crippen LogP contribution in [0.15, 0.2) is 58.3 Å². The van der Waals surface area contributed by atoms with E-state index in [9.17, 15) is 9.18 Å². The average Bonchev–Trinajstić information content (AvgIpc) is 3.37. The fourth-order valence-electron chi connectivity index (χ4n) is 2.62. The van der Waals surface area contributed by atoms with E-state index in [2.05, 4.69) is 25.8 Å². The van der Waals surface area contributed by atoms with E-state index in [1.165, 1.54) is 46.6 Å². The molecule has 1 amide bonds. The van der Waals surface area contributed by atoms with Crippen LogP contribution in [0, 0.1) is 12.7 Å². The van der Waals surface area contributed by atoms with Crippen molar-refractivity contribution in [3.8, 4) is 0 Å². The van der Waals surface area contributed by atoms with E-state index < -0.39 is 0 Å². The quantitative estimate of drug-likeness (QED) is 0.323. The van der Waals surface area contributed by atoms with Gasteiger partial charge in [-0.1, -0.05) is 46.9 Å². The number of carbonyl (C=O) groups excluding carboxylic acids is 1. The number of amides is 1. The molecular formula is C21H18FN5OS3. The highest BCUT2D eigenvalue weighted by Gasteiger charge is 2.11. The minimum atomic E-state index is -0.309. The Hall–Kier alpha value is -2.82. The number of hydrogen-bond donors (Lipinski definition) is 2. The standard InChI is InChI=1S/C21H18FN5OS3/c1-13-5-7-15(8-6-13)23-18(28)10-19-24-17(11-29-19)12-30-21-27-26-20(31-21)25-16-4-2-3-14(22)9-16/h2-9,11H,10,12H2,1H3,(H,23,28)(H,25,26). The summed E-state index contributed by atoms with van der Waals surface area (Å²) in [6, 6.07) is 13.9. The van der Waals surface area contributed by atoms with Gasteiger partial charge in [0, 0.05) is 22.5 Å². The lowest BCUT2D eigenvalue weighted by atomic mass is 10.2. The monoisotopic (exact) mass is 471 g/mol. The lowest BCUT2D eigenvalue weighted by Crippen LogP contribution is -2.14. The molecule has 2 heterocycles. The van der Waals surface area contributed by atoms with Crippen LogP contribution in [-0.2, 0) is 17.0 Å². The summed E-state index contributed by atoms with van der Waals surface area (Å²) in [7, 11) is 0. The number of hydrogen-bond acceptors (Lipinski definition) is 8. The number of aryl methyl sites for hydroxylation is 1. The van der Waals surface area contributed by atoms with Gasteiger partial charge in [0.2, 0.25) is 11.0 Å². The molecule has 0 spiro atoms. The number of anilines is 3. The number of thioether (sulfide) groups is 1. The highest BCUT2D eigenvalue weighted by atomic mass is 32.2. The molecule has 2 aromatic carbocycles. The molecule has 0 aliphatic carbocycles. The van der Waals surface area contributed by atoms with Gasteiger partial charge >= 0.3 is 0 Å². The predicted octanol–water partition coefficient (Wildman–Crippen LogP) is 5.66. The van der Waals surface area contributed by atoms with Gasteiger partial charge in [-0.15, -0.1) is 21.5 Å². The maximum absolute atomic E-state index is 13.3. The Kier molecular flexibility index (Phi) is 6.90. The molecule has 4 aromatic rings. The van der Waals surface area contributed by atoms with E-state index in [4.69, 9.17) is 0 Å². The van der Waals surface area contributed by atoms with Crippen molar-refractivity contribution >= 4 is 56.8 Å². The number of benzene rings is 2. The van der Waals surface area contributed by atoms with Crippen molar-refractivity contribution in [2.75, 3.05) is 10.6 Å². The fourth-order valence-corrected chi connectivity index (χ4v) is 5.18. The van der Waals surface area contributed by atoms with Crippen molar-refractivity contribution < 1.29 is 9.18 Å². The van der Waals surface area contributed by atoms with Crippen molar-refractivity contribution in [3.05, 3.63) is 76.0 Å². The lowest BCUT2D eigenvalue weighted by Gasteiger charge is -2.04. The first-order valence-corrected chi connectivity index (χ1v) is 12.0. The van der Waals surface area contributed by atoms with E-state index in [1.54, 1.807) is 12.1 Å². The van der Waals surface area contributed by atoms with E-state index in [1.807, 2.05) is 36.6 Å². The molecule has 2 N–H and O–H groups in total. The SMILES string of the molecule is Cc1ccc(NC(=O)Cc2nc(CSc3nnc(Nc4cccc(F)c4)s3)cs2)cc1. The second-order valence-corrected chi connectivity index (χ2v) is 9.76. The van der Waals surface area contributed by atoms with Crippen LogP contribution in [0.3, 0.4) is 0 Å². The van der Waals surface area contributed by atoms with E-state index >= 15 is 0 Å². The van der Waals surface area contributed by atoms with Gasteiger partial charge < -0.3 is 10.6 Å². The minimum Gasteiger partial charge on any atom is -0.330 e. The molecule has 0 saturated heterocycles. The van der Waals surface area contributed by atoms with Crippen LogP contribution >= 0.6 is 34.4 Å². The summed E-state index contributed by atoms with van der Waals surface area (Å²) in [4.78, 5) is 16.8. The Morgan fingerprint density at radius 3 is 2.77 bits per heavy atom. The Bertz CT molecular complexity index is 1180. The first kappa shape index (κ1) is 21.4. The van der Waals surface area contributed by atoms with Crippen molar-refractivity contribution in [1.29, 1.82) is 0 Å². The molecule has 2 aromatic heterocycles. The van der Waals surface area contributed by atoms with Gasteiger partial charge in [0.15, 0.2) is 4.34 Å². The minimum absolute atomic E-state index is 0.0883. The number of nitrogens with one attached hydrogen (secondary N) is 2. The zero-order chi connectivity index (χ0) is 21.6. The maximum Gasteiger partial charge on any atom is 0.231 e. The number of carbonyl (C=O) groups is 1. The fraction of sp³-hybridized carbons (Fsp3) is 0.143. The van der Waals surface area contributed by atoms with Crippen molar-refractivity contribution in [2.45, 2.75) is 23.4 Å². The topological polar surface area (TPSA) is 79.8 Å². The molecule has 0 radical (unpaired) electrons. The zero-order valence-electron chi connectivity index (χ0n) is 16.5. The van der Waals surface area contributed by atoms with Gasteiger partial charge in [0.1, 0.15) is 10.8 Å². The Morgan fingerprint density at radius 1 is 1.13 bits per heavy atom. The summed E-state index contributed by atoms with van der Waals surface area (Å²) in [6.07, 6.45) is 0.240. The highest BCUT2D eigenvalue weighted by molar-refractivity contribution is 8.00. The molecule has 0 aliphatic rings. The molecule has 10 heteroatoms. The third-order valence-corrected chi connectivity index (χ3v) is 6.98. The van der Waals surface area contributed by atoms with Crippen LogP contribution in [0.1, 0.15) is 16.3 Å². The van der Waals surface area contributed by atoms with E-state index in [0.717, 1.165) is 26.3 Å². The normalized spacial score (nSPS) is 10.8. The van der Waals surface area contributed by atoms with Gasteiger partial charge in [0.05, 0.1) is 12.1 Å². The molecule has 158 valence electrons. The molecule has 0 aliphatic heterocycles. The molecule has 0 bridgehead atoms. The second-order valence-electron chi connectivity index (χ2n) is 6.62. The summed E-state index contributed by atoms with van der Waals surface area (Å²) in [5.41, 5.74) is 3.44. The van der Waals surface area contributed by atoms with Crippen molar-refractivity contribution in [3.63, 3.8) is 0 Å². The number of halogens is 1. The number of nitrogens with zero attached hydrogens (tertiary/aromatic N) is 3. The Labute approximate surface area is 191 Å². The van der Waals surface area contributed by atoms with E-state index in [0.29, 0.717) is 16.6 Å². The molecule has 0 unspecified atom stereocenters. The Balaban J connectivity index is 1.27. The zero-order valence-corrected chi connectivity index (χ0v) is 18.9. The van der Waals surface area contributed by atoms with Gasteiger partial charge in [-0.2, -0.15) is 0 Å². The van der Waals surface area contributed by atoms with Crippen LogP contribution in [0.2, 0.25) is 0 Å². The first-order chi connectivity index (χ1) is 15.0. The predicted molar refractivity (Wildman–Crippen MR) is 125 cm³/mol. The highest BCUT2D eigenvalue weighted by Crippen LogP contribution is 2.30. The van der Waals surface area contributed by atoms with Crippen LogP contribution in [0.25, 0.3) is 0 Å². The summed E-state index contributed by atoms with van der Waals surface area (Å²) in [6.45, 7) is 2.00. The smallest absolute Gasteiger partial charge is 0.231 e. The summed E-state index contributed by atoms with van der Waals surface area (Å²) in [5.74, 6) is 0.232. The first-order valence-electron chi connectivity index (χ1n) is 9.32.